The van der Waals surface area contributed by atoms with E-state index in [1.807, 2.05) is 6.92 Å². The molecular weight excluding hydrogens is 212 g/mol. The minimum absolute atomic E-state index is 0.0442. The topological polar surface area (TPSA) is 41.1 Å². The van der Waals surface area contributed by atoms with E-state index in [-0.39, 0.29) is 11.9 Å². The monoisotopic (exact) mass is 240 g/mol. The Hall–Kier alpha value is -0.570. The van der Waals surface area contributed by atoms with Gasteiger partial charge >= 0.3 is 0 Å². The van der Waals surface area contributed by atoms with Crippen molar-refractivity contribution < 1.29 is 4.79 Å². The molecule has 3 heteroatoms. The van der Waals surface area contributed by atoms with Crippen LogP contribution in [-0.2, 0) is 4.79 Å². The van der Waals surface area contributed by atoms with Crippen LogP contribution in [0.3, 0.4) is 0 Å². The highest BCUT2D eigenvalue weighted by atomic mass is 16.2. The summed E-state index contributed by atoms with van der Waals surface area (Å²) >= 11 is 0. The van der Waals surface area contributed by atoms with Crippen LogP contribution in [0.2, 0.25) is 0 Å². The number of hydrogen-bond acceptors (Lipinski definition) is 2. The summed E-state index contributed by atoms with van der Waals surface area (Å²) in [6.07, 6.45) is 8.89. The van der Waals surface area contributed by atoms with E-state index in [2.05, 4.69) is 17.6 Å². The molecule has 1 saturated carbocycles. The van der Waals surface area contributed by atoms with Gasteiger partial charge in [0.2, 0.25) is 5.91 Å². The minimum atomic E-state index is -0.0442. The van der Waals surface area contributed by atoms with Gasteiger partial charge in [-0.3, -0.25) is 4.79 Å². The van der Waals surface area contributed by atoms with E-state index in [4.69, 9.17) is 0 Å². The first-order chi connectivity index (χ1) is 8.24. The van der Waals surface area contributed by atoms with Crippen LogP contribution in [0, 0.1) is 5.92 Å². The SMILES string of the molecule is CCCCCNC(=O)C(C)NCC1CCCC1. The van der Waals surface area contributed by atoms with Crippen molar-refractivity contribution in [2.75, 3.05) is 13.1 Å². The summed E-state index contributed by atoms with van der Waals surface area (Å²) in [4.78, 5) is 11.7. The third-order valence-corrected chi connectivity index (χ3v) is 3.66. The zero-order valence-electron chi connectivity index (χ0n) is 11.4. The maximum atomic E-state index is 11.7. The average molecular weight is 240 g/mol. The Labute approximate surface area is 106 Å². The van der Waals surface area contributed by atoms with Crippen molar-refractivity contribution in [3.8, 4) is 0 Å². The van der Waals surface area contributed by atoms with Crippen LogP contribution in [0.25, 0.3) is 0 Å². The molecule has 0 spiro atoms. The summed E-state index contributed by atoms with van der Waals surface area (Å²) in [6.45, 7) is 5.96. The van der Waals surface area contributed by atoms with Crippen molar-refractivity contribution in [1.29, 1.82) is 0 Å². The molecule has 1 unspecified atom stereocenters. The van der Waals surface area contributed by atoms with Gasteiger partial charge in [-0.05, 0) is 38.6 Å². The Kier molecular flexibility index (Phi) is 7.25. The Bertz CT molecular complexity index is 212. The molecule has 0 aromatic carbocycles. The summed E-state index contributed by atoms with van der Waals surface area (Å²) < 4.78 is 0. The van der Waals surface area contributed by atoms with Gasteiger partial charge in [-0.25, -0.2) is 0 Å². The van der Waals surface area contributed by atoms with Gasteiger partial charge in [-0.2, -0.15) is 0 Å². The first kappa shape index (κ1) is 14.5. The summed E-state index contributed by atoms with van der Waals surface area (Å²) in [5.74, 6) is 0.949. The van der Waals surface area contributed by atoms with Crippen molar-refractivity contribution in [1.82, 2.24) is 10.6 Å². The zero-order valence-corrected chi connectivity index (χ0v) is 11.4. The molecule has 0 aliphatic heterocycles. The fourth-order valence-electron chi connectivity index (χ4n) is 2.39. The second-order valence-electron chi connectivity index (χ2n) is 5.28. The van der Waals surface area contributed by atoms with Crippen LogP contribution in [0.5, 0.6) is 0 Å². The van der Waals surface area contributed by atoms with Crippen molar-refractivity contribution in [2.45, 2.75) is 64.8 Å². The standard InChI is InChI=1S/C14H28N2O/c1-3-4-7-10-15-14(17)12(2)16-11-13-8-5-6-9-13/h12-13,16H,3-11H2,1-2H3,(H,15,17). The van der Waals surface area contributed by atoms with Gasteiger partial charge in [0, 0.05) is 6.54 Å². The summed E-state index contributed by atoms with van der Waals surface area (Å²) in [7, 11) is 0. The number of rotatable bonds is 8. The molecule has 1 rings (SSSR count). The maximum absolute atomic E-state index is 11.7. The van der Waals surface area contributed by atoms with Gasteiger partial charge < -0.3 is 10.6 Å². The largest absolute Gasteiger partial charge is 0.355 e. The molecule has 0 aromatic heterocycles. The van der Waals surface area contributed by atoms with Crippen molar-refractivity contribution in [2.24, 2.45) is 5.92 Å². The molecule has 0 saturated heterocycles. The maximum Gasteiger partial charge on any atom is 0.236 e. The Morgan fingerprint density at radius 2 is 2.00 bits per heavy atom. The predicted molar refractivity (Wildman–Crippen MR) is 72.0 cm³/mol. The summed E-state index contributed by atoms with van der Waals surface area (Å²) in [5.41, 5.74) is 0. The minimum Gasteiger partial charge on any atom is -0.355 e. The Morgan fingerprint density at radius 1 is 1.29 bits per heavy atom. The molecule has 0 heterocycles. The molecule has 2 N–H and O–H groups in total. The molecule has 1 amide bonds. The number of hydrogen-bond donors (Lipinski definition) is 2. The molecule has 1 aliphatic rings. The summed E-state index contributed by atoms with van der Waals surface area (Å²) in [5, 5.41) is 6.34. The van der Waals surface area contributed by atoms with E-state index >= 15 is 0 Å². The van der Waals surface area contributed by atoms with Crippen molar-refractivity contribution in [3.05, 3.63) is 0 Å². The van der Waals surface area contributed by atoms with Gasteiger partial charge in [0.25, 0.3) is 0 Å². The van der Waals surface area contributed by atoms with Crippen LogP contribution in [0.15, 0.2) is 0 Å². The lowest BCUT2D eigenvalue weighted by atomic mass is 10.1. The van der Waals surface area contributed by atoms with Crippen LogP contribution in [0.1, 0.15) is 58.8 Å². The average Bonchev–Trinajstić information content (AvgIpc) is 2.84. The number of nitrogens with one attached hydrogen (secondary N) is 2. The van der Waals surface area contributed by atoms with Crippen LogP contribution in [0.4, 0.5) is 0 Å². The molecule has 100 valence electrons. The van der Waals surface area contributed by atoms with Crippen molar-refractivity contribution in [3.63, 3.8) is 0 Å². The predicted octanol–water partition coefficient (Wildman–Crippen LogP) is 2.46. The van der Waals surface area contributed by atoms with E-state index in [0.29, 0.717) is 0 Å². The number of unbranched alkanes of at least 4 members (excludes halogenated alkanes) is 2. The molecule has 0 radical (unpaired) electrons. The van der Waals surface area contributed by atoms with Crippen LogP contribution < -0.4 is 10.6 Å². The van der Waals surface area contributed by atoms with E-state index < -0.39 is 0 Å². The zero-order chi connectivity index (χ0) is 12.5. The first-order valence-electron chi connectivity index (χ1n) is 7.25. The third-order valence-electron chi connectivity index (χ3n) is 3.66. The lowest BCUT2D eigenvalue weighted by Gasteiger charge is -2.16. The molecule has 0 aromatic rings. The summed E-state index contributed by atoms with van der Waals surface area (Å²) in [6, 6.07) is -0.0442. The van der Waals surface area contributed by atoms with Gasteiger partial charge in [0.1, 0.15) is 0 Å². The normalized spacial score (nSPS) is 18.2. The molecule has 1 atom stereocenters. The lowest BCUT2D eigenvalue weighted by Crippen LogP contribution is -2.43. The second kappa shape index (κ2) is 8.51. The highest BCUT2D eigenvalue weighted by Crippen LogP contribution is 2.23. The molecule has 17 heavy (non-hydrogen) atoms. The number of carbonyl (C=O) groups excluding carboxylic acids is 1. The Morgan fingerprint density at radius 3 is 2.65 bits per heavy atom. The fourth-order valence-corrected chi connectivity index (χ4v) is 2.39. The van der Waals surface area contributed by atoms with Gasteiger partial charge in [-0.15, -0.1) is 0 Å². The van der Waals surface area contributed by atoms with Gasteiger partial charge in [0.05, 0.1) is 6.04 Å². The molecule has 1 aliphatic carbocycles. The fraction of sp³-hybridized carbons (Fsp3) is 0.929. The number of amides is 1. The second-order valence-corrected chi connectivity index (χ2v) is 5.28. The van der Waals surface area contributed by atoms with E-state index in [1.165, 1.54) is 38.5 Å². The first-order valence-corrected chi connectivity index (χ1v) is 7.25. The highest BCUT2D eigenvalue weighted by molar-refractivity contribution is 5.81. The Balaban J connectivity index is 2.04. The number of carbonyl (C=O) groups is 1. The quantitative estimate of drug-likeness (QED) is 0.640. The van der Waals surface area contributed by atoms with Crippen LogP contribution >= 0.6 is 0 Å². The lowest BCUT2D eigenvalue weighted by molar-refractivity contribution is -0.122. The molecule has 3 nitrogen and oxygen atoms in total. The smallest absolute Gasteiger partial charge is 0.236 e. The highest BCUT2D eigenvalue weighted by Gasteiger charge is 2.17. The third kappa shape index (κ3) is 6.06. The van der Waals surface area contributed by atoms with E-state index in [9.17, 15) is 4.79 Å². The molecular formula is C14H28N2O. The van der Waals surface area contributed by atoms with Crippen LogP contribution in [-0.4, -0.2) is 25.0 Å². The van der Waals surface area contributed by atoms with E-state index in [1.54, 1.807) is 0 Å². The van der Waals surface area contributed by atoms with E-state index in [0.717, 1.165) is 25.4 Å². The van der Waals surface area contributed by atoms with Gasteiger partial charge in [-0.1, -0.05) is 32.6 Å². The molecule has 1 fully saturated rings. The molecule has 0 bridgehead atoms. The van der Waals surface area contributed by atoms with Crippen molar-refractivity contribution >= 4 is 5.91 Å². The van der Waals surface area contributed by atoms with Gasteiger partial charge in [0.15, 0.2) is 0 Å².